The quantitative estimate of drug-likeness (QED) is 0.533. The second kappa shape index (κ2) is 8.06. The molecule has 2 aliphatic carbocycles. The molecule has 0 atom stereocenters. The van der Waals surface area contributed by atoms with Crippen LogP contribution in [-0.2, 0) is 16.0 Å². The van der Waals surface area contributed by atoms with Crippen LogP contribution in [0.15, 0.2) is 66.1 Å². The van der Waals surface area contributed by atoms with E-state index in [1.807, 2.05) is 0 Å². The fourth-order valence-electron chi connectivity index (χ4n) is 3.16. The van der Waals surface area contributed by atoms with Gasteiger partial charge in [-0.1, -0.05) is 24.8 Å². The van der Waals surface area contributed by atoms with Gasteiger partial charge in [-0.2, -0.15) is 13.2 Å². The van der Waals surface area contributed by atoms with Crippen molar-refractivity contribution in [2.24, 2.45) is 0 Å². The first-order valence-corrected chi connectivity index (χ1v) is 10.6. The molecule has 0 bridgehead atoms. The SMILES string of the molecule is C=COc1cc(=C2C=CC(S(C)(=O)=O)=CC2)c(=C2C=CC(F)=CC2)c(C(F)(F)F)n1. The predicted octanol–water partition coefficient (Wildman–Crippen LogP) is 3.63. The lowest BCUT2D eigenvalue weighted by Crippen LogP contribution is -2.38. The van der Waals surface area contributed by atoms with Crippen molar-refractivity contribution >= 4 is 21.0 Å². The van der Waals surface area contributed by atoms with E-state index in [2.05, 4.69) is 11.6 Å². The van der Waals surface area contributed by atoms with Gasteiger partial charge in [0.05, 0.1) is 11.2 Å². The van der Waals surface area contributed by atoms with Crippen LogP contribution in [0.3, 0.4) is 0 Å². The molecular weight excluding hydrogens is 422 g/mol. The molecular formula is C21H17F4NO3S. The van der Waals surface area contributed by atoms with E-state index in [1.165, 1.54) is 36.4 Å². The highest BCUT2D eigenvalue weighted by atomic mass is 32.2. The van der Waals surface area contributed by atoms with Crippen LogP contribution in [0.1, 0.15) is 18.5 Å². The van der Waals surface area contributed by atoms with E-state index in [0.717, 1.165) is 18.6 Å². The van der Waals surface area contributed by atoms with Crippen LogP contribution in [0, 0.1) is 0 Å². The van der Waals surface area contributed by atoms with Crippen LogP contribution in [0.25, 0.3) is 11.1 Å². The number of pyridine rings is 1. The Labute approximate surface area is 170 Å². The number of hydrogen-bond donors (Lipinski definition) is 0. The summed E-state index contributed by atoms with van der Waals surface area (Å²) in [6, 6.07) is 1.33. The molecule has 0 spiro atoms. The van der Waals surface area contributed by atoms with Crippen molar-refractivity contribution in [3.8, 4) is 5.88 Å². The number of halogens is 4. The van der Waals surface area contributed by atoms with Gasteiger partial charge in [0.2, 0.25) is 5.88 Å². The molecule has 1 aromatic rings. The summed E-state index contributed by atoms with van der Waals surface area (Å²) < 4.78 is 83.5. The van der Waals surface area contributed by atoms with E-state index in [1.54, 1.807) is 0 Å². The Bertz CT molecular complexity index is 1250. The lowest BCUT2D eigenvalue weighted by molar-refractivity contribution is -0.142. The molecule has 4 nitrogen and oxygen atoms in total. The summed E-state index contributed by atoms with van der Waals surface area (Å²) in [5, 5.41) is -0.0284. The zero-order valence-electron chi connectivity index (χ0n) is 15.8. The molecule has 0 N–H and O–H groups in total. The number of ether oxygens (including phenoxy) is 1. The molecule has 1 aromatic heterocycles. The highest BCUT2D eigenvalue weighted by Crippen LogP contribution is 2.28. The maximum atomic E-state index is 13.9. The van der Waals surface area contributed by atoms with Gasteiger partial charge in [0.15, 0.2) is 15.5 Å². The van der Waals surface area contributed by atoms with Gasteiger partial charge >= 0.3 is 6.18 Å². The van der Waals surface area contributed by atoms with Crippen molar-refractivity contribution in [1.29, 1.82) is 0 Å². The molecule has 0 amide bonds. The molecule has 2 aliphatic rings. The molecule has 1 heterocycles. The van der Waals surface area contributed by atoms with Crippen molar-refractivity contribution in [2.45, 2.75) is 19.0 Å². The zero-order chi connectivity index (χ0) is 22.1. The van der Waals surface area contributed by atoms with Gasteiger partial charge in [0, 0.05) is 17.5 Å². The molecule has 0 radical (unpaired) electrons. The van der Waals surface area contributed by atoms with E-state index >= 15 is 0 Å². The molecule has 0 unspecified atom stereocenters. The topological polar surface area (TPSA) is 56.3 Å². The smallest absolute Gasteiger partial charge is 0.434 e. The zero-order valence-corrected chi connectivity index (χ0v) is 16.6. The summed E-state index contributed by atoms with van der Waals surface area (Å²) in [7, 11) is -3.45. The van der Waals surface area contributed by atoms with Crippen LogP contribution < -0.4 is 15.2 Å². The van der Waals surface area contributed by atoms with E-state index < -0.39 is 27.5 Å². The Morgan fingerprint density at radius 2 is 1.77 bits per heavy atom. The highest BCUT2D eigenvalue weighted by molar-refractivity contribution is 7.94. The number of aromatic nitrogens is 1. The molecule has 0 fully saturated rings. The van der Waals surface area contributed by atoms with Crippen molar-refractivity contribution in [3.05, 3.63) is 82.2 Å². The third kappa shape index (κ3) is 4.62. The standard InChI is InChI=1S/C21H17F4NO3S/c1-3-29-18-12-17(13-6-10-16(11-7-13)30(2,27)28)19(20(26-18)21(23,24)25)14-4-8-15(22)9-5-14/h3-4,6,8-12H,1,5,7H2,2H3. The van der Waals surface area contributed by atoms with Gasteiger partial charge in [0.25, 0.3) is 0 Å². The van der Waals surface area contributed by atoms with E-state index in [9.17, 15) is 26.0 Å². The van der Waals surface area contributed by atoms with Crippen LogP contribution in [0.2, 0.25) is 0 Å². The number of hydrogen-bond acceptors (Lipinski definition) is 4. The fourth-order valence-corrected chi connectivity index (χ4v) is 3.87. The van der Waals surface area contributed by atoms with E-state index in [4.69, 9.17) is 4.74 Å². The summed E-state index contributed by atoms with van der Waals surface area (Å²) in [6.07, 6.45) is 4.99. The monoisotopic (exact) mass is 439 g/mol. The van der Waals surface area contributed by atoms with Crippen LogP contribution >= 0.6 is 0 Å². The normalized spacial score (nSPS) is 20.6. The second-order valence-corrected chi connectivity index (χ2v) is 8.62. The van der Waals surface area contributed by atoms with Gasteiger partial charge in [-0.25, -0.2) is 17.8 Å². The third-order valence-corrected chi connectivity index (χ3v) is 5.66. The van der Waals surface area contributed by atoms with Crippen molar-refractivity contribution < 1.29 is 30.7 Å². The minimum Gasteiger partial charge on any atom is -0.447 e. The second-order valence-electron chi connectivity index (χ2n) is 6.61. The van der Waals surface area contributed by atoms with Gasteiger partial charge in [-0.15, -0.1) is 0 Å². The summed E-state index contributed by atoms with van der Waals surface area (Å²) in [6.45, 7) is 3.34. The Hall–Kier alpha value is -2.94. The number of sulfone groups is 1. The highest BCUT2D eigenvalue weighted by Gasteiger charge is 2.35. The largest absolute Gasteiger partial charge is 0.447 e. The Kier molecular flexibility index (Phi) is 5.85. The number of allylic oxidation sites excluding steroid dienone is 7. The van der Waals surface area contributed by atoms with E-state index in [-0.39, 0.29) is 39.6 Å². The molecule has 3 rings (SSSR count). The summed E-state index contributed by atoms with van der Waals surface area (Å²) in [5.74, 6) is -0.851. The maximum absolute atomic E-state index is 13.9. The Morgan fingerprint density at radius 3 is 2.27 bits per heavy atom. The van der Waals surface area contributed by atoms with Crippen molar-refractivity contribution in [2.75, 3.05) is 6.26 Å². The van der Waals surface area contributed by atoms with Gasteiger partial charge in [-0.05, 0) is 47.4 Å². The van der Waals surface area contributed by atoms with Gasteiger partial charge < -0.3 is 4.74 Å². The van der Waals surface area contributed by atoms with Gasteiger partial charge in [-0.3, -0.25) is 0 Å². The third-order valence-electron chi connectivity index (χ3n) is 4.50. The first-order valence-electron chi connectivity index (χ1n) is 8.75. The minimum atomic E-state index is -4.81. The number of alkyl halides is 3. The first-order chi connectivity index (χ1) is 14.0. The molecule has 0 aromatic carbocycles. The van der Waals surface area contributed by atoms with Crippen molar-refractivity contribution in [3.63, 3.8) is 0 Å². The molecule has 30 heavy (non-hydrogen) atoms. The number of rotatable bonds is 3. The average Bonchev–Trinajstić information content (AvgIpc) is 2.67. The van der Waals surface area contributed by atoms with Crippen LogP contribution in [0.4, 0.5) is 17.6 Å². The van der Waals surface area contributed by atoms with Crippen LogP contribution in [0.5, 0.6) is 5.88 Å². The average molecular weight is 439 g/mol. The molecule has 0 saturated carbocycles. The summed E-state index contributed by atoms with van der Waals surface area (Å²) in [5.41, 5.74) is -0.503. The van der Waals surface area contributed by atoms with Gasteiger partial charge in [0.1, 0.15) is 5.83 Å². The molecule has 0 saturated heterocycles. The molecule has 0 aliphatic heterocycles. The molecule has 158 valence electrons. The minimum absolute atomic E-state index is 0.0524. The van der Waals surface area contributed by atoms with Crippen LogP contribution in [-0.4, -0.2) is 19.7 Å². The van der Waals surface area contributed by atoms with E-state index in [0.29, 0.717) is 5.57 Å². The van der Waals surface area contributed by atoms with Crippen molar-refractivity contribution in [1.82, 2.24) is 4.98 Å². The Balaban J connectivity index is 2.41. The first kappa shape index (κ1) is 21.8. The summed E-state index contributed by atoms with van der Waals surface area (Å²) >= 11 is 0. The maximum Gasteiger partial charge on any atom is 0.434 e. The number of nitrogens with zero attached hydrogens (tertiary/aromatic N) is 1. The lowest BCUT2D eigenvalue weighted by atomic mass is 9.97. The lowest BCUT2D eigenvalue weighted by Gasteiger charge is -2.15. The fraction of sp³-hybridized carbons (Fsp3) is 0.190. The summed E-state index contributed by atoms with van der Waals surface area (Å²) in [4.78, 5) is 3.68. The Morgan fingerprint density at radius 1 is 1.10 bits per heavy atom. The molecule has 9 heteroatoms. The predicted molar refractivity (Wildman–Crippen MR) is 106 cm³/mol.